The third-order valence-corrected chi connectivity index (χ3v) is 4.11. The number of aliphatic hydroxyl groups excluding tert-OH is 1. The highest BCUT2D eigenvalue weighted by Gasteiger charge is 2.37. The molecular weight excluding hydrogens is 244 g/mol. The summed E-state index contributed by atoms with van der Waals surface area (Å²) in [7, 11) is 1.60. The van der Waals surface area contributed by atoms with E-state index in [4.69, 9.17) is 15.6 Å². The van der Waals surface area contributed by atoms with Crippen molar-refractivity contribution in [2.45, 2.75) is 51.0 Å². The smallest absolute Gasteiger partial charge is 0.227 e. The summed E-state index contributed by atoms with van der Waals surface area (Å²) >= 11 is 0. The number of hydrogen-bond donors (Lipinski definition) is 3. The Hall–Kier alpha value is -0.650. The van der Waals surface area contributed by atoms with Crippen LogP contribution in [0, 0.1) is 5.41 Å². The summed E-state index contributed by atoms with van der Waals surface area (Å²) in [5.41, 5.74) is 5.47. The summed E-state index contributed by atoms with van der Waals surface area (Å²) in [6, 6.07) is -0.130. The van der Waals surface area contributed by atoms with E-state index in [2.05, 4.69) is 5.32 Å². The first-order chi connectivity index (χ1) is 9.18. The molecule has 0 aromatic carbocycles. The van der Waals surface area contributed by atoms with E-state index in [1.54, 1.807) is 7.11 Å². The highest BCUT2D eigenvalue weighted by Crippen LogP contribution is 2.34. The van der Waals surface area contributed by atoms with Gasteiger partial charge in [-0.25, -0.2) is 0 Å². The average Bonchev–Trinajstić information content (AvgIpc) is 2.65. The Kier molecular flexibility index (Phi) is 7.34. The number of amides is 1. The van der Waals surface area contributed by atoms with E-state index in [1.807, 2.05) is 0 Å². The fourth-order valence-electron chi connectivity index (χ4n) is 2.82. The van der Waals surface area contributed by atoms with Crippen molar-refractivity contribution in [3.8, 4) is 0 Å². The van der Waals surface area contributed by atoms with Gasteiger partial charge in [0.25, 0.3) is 0 Å². The molecule has 1 atom stereocenters. The van der Waals surface area contributed by atoms with Crippen molar-refractivity contribution in [3.63, 3.8) is 0 Å². The highest BCUT2D eigenvalue weighted by atomic mass is 16.5. The molecule has 1 unspecified atom stereocenters. The summed E-state index contributed by atoms with van der Waals surface area (Å²) in [4.78, 5) is 12.5. The molecule has 0 aromatic rings. The number of hydrogen-bond acceptors (Lipinski definition) is 4. The van der Waals surface area contributed by atoms with Crippen molar-refractivity contribution in [2.75, 3.05) is 26.9 Å². The lowest BCUT2D eigenvalue weighted by Crippen LogP contribution is -2.50. The van der Waals surface area contributed by atoms with Gasteiger partial charge < -0.3 is 20.9 Å². The molecular formula is C14H28N2O3. The van der Waals surface area contributed by atoms with Gasteiger partial charge in [0.2, 0.25) is 5.91 Å². The van der Waals surface area contributed by atoms with E-state index < -0.39 is 5.41 Å². The molecule has 0 aliphatic heterocycles. The van der Waals surface area contributed by atoms with E-state index in [9.17, 15) is 4.79 Å². The van der Waals surface area contributed by atoms with Gasteiger partial charge in [0, 0.05) is 20.3 Å². The molecule has 0 saturated heterocycles. The number of rotatable bonds is 7. The molecule has 1 rings (SSSR count). The monoisotopic (exact) mass is 272 g/mol. The topological polar surface area (TPSA) is 84.6 Å². The third kappa shape index (κ3) is 4.75. The Morgan fingerprint density at radius 2 is 2.00 bits per heavy atom. The van der Waals surface area contributed by atoms with E-state index in [0.717, 1.165) is 25.7 Å². The molecule has 5 nitrogen and oxygen atoms in total. The Labute approximate surface area is 115 Å². The van der Waals surface area contributed by atoms with Crippen molar-refractivity contribution < 1.29 is 14.6 Å². The van der Waals surface area contributed by atoms with Gasteiger partial charge in [0.1, 0.15) is 0 Å². The fraction of sp³-hybridized carbons (Fsp3) is 0.929. The molecule has 112 valence electrons. The van der Waals surface area contributed by atoms with Crippen molar-refractivity contribution in [1.82, 2.24) is 5.32 Å². The van der Waals surface area contributed by atoms with Crippen molar-refractivity contribution in [2.24, 2.45) is 11.1 Å². The molecule has 1 saturated carbocycles. The van der Waals surface area contributed by atoms with Crippen molar-refractivity contribution in [1.29, 1.82) is 0 Å². The maximum Gasteiger partial charge on any atom is 0.227 e. The van der Waals surface area contributed by atoms with Crippen LogP contribution in [0.2, 0.25) is 0 Å². The zero-order valence-corrected chi connectivity index (χ0v) is 12.0. The molecule has 0 radical (unpaired) electrons. The van der Waals surface area contributed by atoms with Crippen LogP contribution in [-0.4, -0.2) is 43.9 Å². The predicted octanol–water partition coefficient (Wildman–Crippen LogP) is 0.799. The lowest BCUT2D eigenvalue weighted by Gasteiger charge is -2.32. The van der Waals surface area contributed by atoms with Gasteiger partial charge in [0.05, 0.1) is 18.1 Å². The minimum Gasteiger partial charge on any atom is -0.396 e. The highest BCUT2D eigenvalue weighted by molar-refractivity contribution is 5.83. The van der Waals surface area contributed by atoms with Crippen LogP contribution < -0.4 is 11.1 Å². The van der Waals surface area contributed by atoms with E-state index >= 15 is 0 Å². The number of nitrogens with one attached hydrogen (secondary N) is 1. The van der Waals surface area contributed by atoms with E-state index in [1.165, 1.54) is 12.8 Å². The van der Waals surface area contributed by atoms with Gasteiger partial charge in [-0.05, 0) is 19.3 Å². The van der Waals surface area contributed by atoms with Gasteiger partial charge in [-0.3, -0.25) is 4.79 Å². The number of nitrogens with two attached hydrogens (primary N) is 1. The third-order valence-electron chi connectivity index (χ3n) is 4.11. The van der Waals surface area contributed by atoms with Crippen LogP contribution in [0.25, 0.3) is 0 Å². The molecule has 0 aromatic heterocycles. The first kappa shape index (κ1) is 16.4. The molecule has 4 N–H and O–H groups in total. The van der Waals surface area contributed by atoms with Crippen LogP contribution in [0.15, 0.2) is 0 Å². The summed E-state index contributed by atoms with van der Waals surface area (Å²) in [5.74, 6) is 0.0346. The van der Waals surface area contributed by atoms with Crippen LogP contribution in [-0.2, 0) is 9.53 Å². The first-order valence-corrected chi connectivity index (χ1v) is 7.29. The standard InChI is InChI=1S/C14H28N2O3/c1-19-10-12(6-9-17)16-13(18)14(11-15)7-4-2-3-5-8-14/h12,17H,2-11,15H2,1H3,(H,16,18). The quantitative estimate of drug-likeness (QED) is 0.598. The fourth-order valence-corrected chi connectivity index (χ4v) is 2.82. The van der Waals surface area contributed by atoms with Crippen LogP contribution in [0.4, 0.5) is 0 Å². The molecule has 0 heterocycles. The van der Waals surface area contributed by atoms with Gasteiger partial charge in [-0.1, -0.05) is 25.7 Å². The van der Waals surface area contributed by atoms with Crippen LogP contribution in [0.1, 0.15) is 44.9 Å². The van der Waals surface area contributed by atoms with Crippen LogP contribution in [0.5, 0.6) is 0 Å². The summed E-state index contributed by atoms with van der Waals surface area (Å²) < 4.78 is 5.08. The molecule has 0 spiro atoms. The zero-order valence-electron chi connectivity index (χ0n) is 12.0. The molecule has 0 bridgehead atoms. The van der Waals surface area contributed by atoms with Crippen molar-refractivity contribution >= 4 is 5.91 Å². The Morgan fingerprint density at radius 1 is 1.37 bits per heavy atom. The second kappa shape index (κ2) is 8.51. The Bertz CT molecular complexity index is 257. The summed E-state index contributed by atoms with van der Waals surface area (Å²) in [6.07, 6.45) is 6.77. The maximum absolute atomic E-state index is 12.5. The molecule has 1 amide bonds. The second-order valence-electron chi connectivity index (χ2n) is 5.54. The maximum atomic E-state index is 12.5. The molecule has 1 aliphatic carbocycles. The van der Waals surface area contributed by atoms with Crippen LogP contribution in [0.3, 0.4) is 0 Å². The lowest BCUT2D eigenvalue weighted by atomic mass is 9.79. The number of methoxy groups -OCH3 is 1. The summed E-state index contributed by atoms with van der Waals surface area (Å²) in [6.45, 7) is 0.870. The molecule has 5 heteroatoms. The van der Waals surface area contributed by atoms with Gasteiger partial charge in [-0.2, -0.15) is 0 Å². The first-order valence-electron chi connectivity index (χ1n) is 7.29. The van der Waals surface area contributed by atoms with Gasteiger partial charge in [-0.15, -0.1) is 0 Å². The predicted molar refractivity (Wildman–Crippen MR) is 74.7 cm³/mol. The molecule has 19 heavy (non-hydrogen) atoms. The lowest BCUT2D eigenvalue weighted by molar-refractivity contribution is -0.132. The second-order valence-corrected chi connectivity index (χ2v) is 5.54. The average molecular weight is 272 g/mol. The number of aliphatic hydroxyl groups is 1. The Morgan fingerprint density at radius 3 is 2.47 bits per heavy atom. The Balaban J connectivity index is 2.65. The largest absolute Gasteiger partial charge is 0.396 e. The summed E-state index contributed by atoms with van der Waals surface area (Å²) in [5, 5.41) is 12.0. The molecule has 1 fully saturated rings. The van der Waals surface area contributed by atoms with E-state index in [0.29, 0.717) is 19.6 Å². The minimum atomic E-state index is -0.419. The molecule has 1 aliphatic rings. The normalized spacial score (nSPS) is 20.6. The number of carbonyl (C=O) groups is 1. The minimum absolute atomic E-state index is 0.0346. The van der Waals surface area contributed by atoms with Gasteiger partial charge >= 0.3 is 0 Å². The number of ether oxygens (including phenoxy) is 1. The van der Waals surface area contributed by atoms with Gasteiger partial charge in [0.15, 0.2) is 0 Å². The zero-order chi connectivity index (χ0) is 14.1. The van der Waals surface area contributed by atoms with Crippen molar-refractivity contribution in [3.05, 3.63) is 0 Å². The van der Waals surface area contributed by atoms with Crippen LogP contribution >= 0.6 is 0 Å². The van der Waals surface area contributed by atoms with E-state index in [-0.39, 0.29) is 18.6 Å². The number of carbonyl (C=O) groups excluding carboxylic acids is 1. The SMILES string of the molecule is COCC(CCO)NC(=O)C1(CN)CCCCCC1.